The summed E-state index contributed by atoms with van der Waals surface area (Å²) in [4.78, 5) is 24.9. The number of aromatic hydroxyl groups is 2. The number of hydrogen-bond donors (Lipinski definition) is 2. The van der Waals surface area contributed by atoms with E-state index in [0.29, 0.717) is 0 Å². The van der Waals surface area contributed by atoms with Crippen LogP contribution in [0.4, 0.5) is 0 Å². The molecule has 1 aliphatic heterocycles. The summed E-state index contributed by atoms with van der Waals surface area (Å²) >= 11 is 6.11. The van der Waals surface area contributed by atoms with Crippen LogP contribution in [0, 0.1) is 5.92 Å². The van der Waals surface area contributed by atoms with Gasteiger partial charge in [0.25, 0.3) is 0 Å². The van der Waals surface area contributed by atoms with Crippen molar-refractivity contribution in [2.75, 3.05) is 0 Å². The van der Waals surface area contributed by atoms with Gasteiger partial charge >= 0.3 is 0 Å². The van der Waals surface area contributed by atoms with Crippen molar-refractivity contribution in [3.8, 4) is 11.5 Å². The minimum atomic E-state index is -0.363. The van der Waals surface area contributed by atoms with Crippen LogP contribution in [-0.2, 0) is 16.0 Å². The maximum Gasteiger partial charge on any atom is 0.167 e. The molecule has 2 N–H and O–H groups in total. The number of epoxide rings is 1. The first-order valence-corrected chi connectivity index (χ1v) is 8.54. The zero-order valence-corrected chi connectivity index (χ0v) is 14.5. The molecule has 1 aromatic carbocycles. The molecule has 0 amide bonds. The topological polar surface area (TPSA) is 87.1 Å². The molecule has 0 radical (unpaired) electrons. The Morgan fingerprint density at radius 2 is 1.96 bits per heavy atom. The second kappa shape index (κ2) is 7.02. The van der Waals surface area contributed by atoms with Crippen molar-refractivity contribution >= 4 is 23.2 Å². The molecule has 0 spiro atoms. The van der Waals surface area contributed by atoms with Crippen LogP contribution in [0.3, 0.4) is 0 Å². The highest BCUT2D eigenvalue weighted by atomic mass is 35.5. The Balaban J connectivity index is 2.01. The second-order valence-electron chi connectivity index (χ2n) is 6.58. The van der Waals surface area contributed by atoms with Gasteiger partial charge in [0.2, 0.25) is 0 Å². The number of phenols is 2. The van der Waals surface area contributed by atoms with Crippen LogP contribution in [0.15, 0.2) is 30.4 Å². The number of halogens is 1. The van der Waals surface area contributed by atoms with E-state index in [1.807, 2.05) is 13.0 Å². The van der Waals surface area contributed by atoms with E-state index in [9.17, 15) is 19.8 Å². The third-order valence-corrected chi connectivity index (χ3v) is 4.86. The molecule has 1 aliphatic carbocycles. The number of carbonyl (C=O) groups excluding carboxylic acids is 2. The van der Waals surface area contributed by atoms with Crippen molar-refractivity contribution in [3.63, 3.8) is 0 Å². The Kier molecular flexibility index (Phi) is 4.97. The van der Waals surface area contributed by atoms with Crippen LogP contribution in [0.5, 0.6) is 11.5 Å². The number of phenolic OH excluding ortho intramolecular Hbond substituents is 2. The number of carbonyl (C=O) groups is 2. The van der Waals surface area contributed by atoms with E-state index in [2.05, 4.69) is 0 Å². The summed E-state index contributed by atoms with van der Waals surface area (Å²) in [7, 11) is 0. The van der Waals surface area contributed by atoms with Crippen LogP contribution in [-0.4, -0.2) is 34.0 Å². The van der Waals surface area contributed by atoms with Crippen LogP contribution in [0.1, 0.15) is 35.7 Å². The lowest BCUT2D eigenvalue weighted by Gasteiger charge is -2.15. The molecular weight excluding hydrogens is 344 g/mol. The van der Waals surface area contributed by atoms with Gasteiger partial charge in [-0.05, 0) is 24.0 Å². The molecular formula is C19H19ClO5. The van der Waals surface area contributed by atoms with Crippen LogP contribution in [0.25, 0.3) is 0 Å². The van der Waals surface area contributed by atoms with Gasteiger partial charge in [-0.3, -0.25) is 9.59 Å². The van der Waals surface area contributed by atoms with Crippen LogP contribution in [0.2, 0.25) is 5.02 Å². The summed E-state index contributed by atoms with van der Waals surface area (Å²) in [5, 5.41) is 19.9. The number of allylic oxidation sites excluding steroid dienone is 3. The zero-order chi connectivity index (χ0) is 18.1. The summed E-state index contributed by atoms with van der Waals surface area (Å²) in [6.07, 6.45) is 7.45. The molecule has 6 heteroatoms. The molecule has 2 aliphatic rings. The summed E-state index contributed by atoms with van der Waals surface area (Å²) in [5.41, 5.74) is 0.171. The fraction of sp³-hybridized carbons (Fsp3) is 0.368. The molecule has 5 nitrogen and oxygen atoms in total. The number of benzene rings is 1. The van der Waals surface area contributed by atoms with Gasteiger partial charge in [-0.15, -0.1) is 0 Å². The van der Waals surface area contributed by atoms with E-state index in [1.54, 1.807) is 12.2 Å². The maximum absolute atomic E-state index is 12.7. The van der Waals surface area contributed by atoms with Gasteiger partial charge in [-0.1, -0.05) is 36.8 Å². The highest BCUT2D eigenvalue weighted by Gasteiger charge is 2.37. The van der Waals surface area contributed by atoms with Crippen LogP contribution < -0.4 is 0 Å². The lowest BCUT2D eigenvalue weighted by molar-refractivity contribution is -0.114. The van der Waals surface area contributed by atoms with E-state index >= 15 is 0 Å². The molecule has 3 rings (SSSR count). The van der Waals surface area contributed by atoms with Gasteiger partial charge in [0.15, 0.2) is 11.6 Å². The Morgan fingerprint density at radius 3 is 2.72 bits per heavy atom. The Morgan fingerprint density at radius 1 is 1.20 bits per heavy atom. The Hall–Kier alpha value is -2.11. The fourth-order valence-electron chi connectivity index (χ4n) is 3.14. The Bertz CT molecular complexity index is 781. The van der Waals surface area contributed by atoms with E-state index in [4.69, 9.17) is 16.3 Å². The fourth-order valence-corrected chi connectivity index (χ4v) is 3.36. The number of ether oxygens (including phenoxy) is 1. The van der Waals surface area contributed by atoms with Gasteiger partial charge in [0, 0.05) is 18.9 Å². The lowest BCUT2D eigenvalue weighted by atomic mass is 9.90. The van der Waals surface area contributed by atoms with Gasteiger partial charge in [-0.2, -0.15) is 0 Å². The van der Waals surface area contributed by atoms with Crippen molar-refractivity contribution in [1.82, 2.24) is 0 Å². The third kappa shape index (κ3) is 3.94. The minimum absolute atomic E-state index is 0.0114. The predicted octanol–water partition coefficient (Wildman–Crippen LogP) is 3.36. The first kappa shape index (κ1) is 17.7. The first-order chi connectivity index (χ1) is 11.9. The molecule has 1 aromatic rings. The molecule has 132 valence electrons. The number of rotatable bonds is 0. The lowest BCUT2D eigenvalue weighted by Crippen LogP contribution is -2.13. The van der Waals surface area contributed by atoms with Crippen molar-refractivity contribution in [2.24, 2.45) is 5.92 Å². The molecule has 1 fully saturated rings. The number of Topliss-reactive ketones (excluding diaryl/α,β-unsaturated/α-hetero) is 1. The van der Waals surface area contributed by atoms with E-state index in [1.165, 1.54) is 6.08 Å². The molecule has 0 bridgehead atoms. The summed E-state index contributed by atoms with van der Waals surface area (Å²) in [6.45, 7) is 1.94. The SMILES string of the molecule is CC1CC(=O)c2c(O)cc(O)c(Cl)c2CC(=O)/C=C/C=C\C2OC2C1. The van der Waals surface area contributed by atoms with E-state index in [0.717, 1.165) is 12.5 Å². The Labute approximate surface area is 150 Å². The summed E-state index contributed by atoms with van der Waals surface area (Å²) < 4.78 is 5.53. The van der Waals surface area contributed by atoms with Gasteiger partial charge in [0.1, 0.15) is 17.6 Å². The van der Waals surface area contributed by atoms with Crippen molar-refractivity contribution in [3.05, 3.63) is 46.5 Å². The standard InChI is InChI=1S/C19H19ClO5/c1-10-6-13(22)18-12(19(20)15(24)9-14(18)23)8-11(21)4-2-3-5-16-17(7-10)25-16/h2-5,9-10,16-17,23-24H,6-8H2,1H3/b4-2+,5-3-. The summed E-state index contributed by atoms with van der Waals surface area (Å²) in [6, 6.07) is 1.04. The molecule has 3 unspecified atom stereocenters. The second-order valence-corrected chi connectivity index (χ2v) is 6.95. The monoisotopic (exact) mass is 362 g/mol. The van der Waals surface area contributed by atoms with Crippen molar-refractivity contribution in [2.45, 2.75) is 38.4 Å². The molecule has 25 heavy (non-hydrogen) atoms. The average Bonchev–Trinajstić information content (AvgIpc) is 3.25. The maximum atomic E-state index is 12.7. The van der Waals surface area contributed by atoms with Crippen molar-refractivity contribution < 1.29 is 24.5 Å². The zero-order valence-electron chi connectivity index (χ0n) is 13.7. The smallest absolute Gasteiger partial charge is 0.167 e. The number of fused-ring (bicyclic) bond motifs is 2. The quantitative estimate of drug-likeness (QED) is 0.691. The van der Waals surface area contributed by atoms with E-state index in [-0.39, 0.29) is 70.2 Å². The molecule has 0 saturated carbocycles. The number of hydrogen-bond acceptors (Lipinski definition) is 5. The molecule has 0 aromatic heterocycles. The normalized spacial score (nSPS) is 29.3. The minimum Gasteiger partial charge on any atom is -0.507 e. The van der Waals surface area contributed by atoms with Crippen LogP contribution >= 0.6 is 11.6 Å². The van der Waals surface area contributed by atoms with Gasteiger partial charge < -0.3 is 14.9 Å². The summed E-state index contributed by atoms with van der Waals surface area (Å²) in [5.74, 6) is -1.26. The molecule has 1 heterocycles. The highest BCUT2D eigenvalue weighted by molar-refractivity contribution is 6.33. The van der Waals surface area contributed by atoms with Gasteiger partial charge in [0.05, 0.1) is 16.7 Å². The van der Waals surface area contributed by atoms with Crippen molar-refractivity contribution in [1.29, 1.82) is 0 Å². The molecule has 1 saturated heterocycles. The predicted molar refractivity (Wildman–Crippen MR) is 93.2 cm³/mol. The van der Waals surface area contributed by atoms with E-state index < -0.39 is 0 Å². The third-order valence-electron chi connectivity index (χ3n) is 4.44. The largest absolute Gasteiger partial charge is 0.507 e. The number of ketones is 2. The van der Waals surface area contributed by atoms with Gasteiger partial charge in [-0.25, -0.2) is 0 Å². The highest BCUT2D eigenvalue weighted by Crippen LogP contribution is 2.38. The average molecular weight is 363 g/mol. The first-order valence-electron chi connectivity index (χ1n) is 8.16. The molecule has 3 atom stereocenters.